The molecule has 8 heteroatoms. The van der Waals surface area contributed by atoms with Crippen molar-refractivity contribution >= 4 is 22.8 Å². The number of aromatic nitrogens is 4. The normalized spacial score (nSPS) is 14.1. The molecule has 2 amide bonds. The second kappa shape index (κ2) is 6.62. The van der Waals surface area contributed by atoms with E-state index < -0.39 is 0 Å². The number of hydrogen-bond acceptors (Lipinski definition) is 4. The van der Waals surface area contributed by atoms with E-state index in [2.05, 4.69) is 20.4 Å². The number of imidazole rings is 1. The van der Waals surface area contributed by atoms with Crippen molar-refractivity contribution in [3.63, 3.8) is 0 Å². The van der Waals surface area contributed by atoms with Gasteiger partial charge in [-0.2, -0.15) is 5.10 Å². The van der Waals surface area contributed by atoms with Crippen LogP contribution >= 0.6 is 0 Å². The number of rotatable bonds is 3. The molecule has 2 N–H and O–H groups in total. The minimum atomic E-state index is -0.250. The molecule has 2 aromatic heterocycles. The van der Waals surface area contributed by atoms with E-state index in [1.807, 2.05) is 28.9 Å². The van der Waals surface area contributed by atoms with Crippen molar-refractivity contribution in [1.29, 1.82) is 0 Å². The van der Waals surface area contributed by atoms with Crippen LogP contribution in [0.15, 0.2) is 30.3 Å². The molecule has 134 valence electrons. The third-order valence-electron chi connectivity index (χ3n) is 4.55. The van der Waals surface area contributed by atoms with Crippen LogP contribution in [0.1, 0.15) is 35.4 Å². The van der Waals surface area contributed by atoms with Crippen LogP contribution in [0.25, 0.3) is 11.0 Å². The van der Waals surface area contributed by atoms with Crippen molar-refractivity contribution in [3.05, 3.63) is 47.5 Å². The molecule has 1 aliphatic rings. The van der Waals surface area contributed by atoms with Gasteiger partial charge in [-0.1, -0.05) is 12.1 Å². The lowest BCUT2D eigenvalue weighted by Gasteiger charge is -2.17. The Labute approximate surface area is 150 Å². The third-order valence-corrected chi connectivity index (χ3v) is 4.55. The Morgan fingerprint density at radius 2 is 2.12 bits per heavy atom. The standard InChI is InChI=1S/C18H20N6O2/c1-12(25)23-7-4-8-24-13(11-23)9-16(22-24)18(26)19-10-17-20-14-5-2-3-6-15(14)21-17/h2-3,5-6,9H,4,7-8,10-11H2,1H3,(H,19,26)(H,20,21). The number of para-hydroxylation sites is 2. The fourth-order valence-corrected chi connectivity index (χ4v) is 3.19. The summed E-state index contributed by atoms with van der Waals surface area (Å²) in [6.07, 6.45) is 0.828. The molecule has 0 atom stereocenters. The number of carbonyl (C=O) groups is 2. The first-order valence-corrected chi connectivity index (χ1v) is 8.64. The molecule has 0 saturated carbocycles. The van der Waals surface area contributed by atoms with E-state index in [0.29, 0.717) is 37.7 Å². The molecule has 0 aliphatic carbocycles. The van der Waals surface area contributed by atoms with Crippen molar-refractivity contribution in [3.8, 4) is 0 Å². The summed E-state index contributed by atoms with van der Waals surface area (Å²) in [5.41, 5.74) is 3.05. The highest BCUT2D eigenvalue weighted by Gasteiger charge is 2.20. The van der Waals surface area contributed by atoms with Crippen molar-refractivity contribution in [1.82, 2.24) is 30.0 Å². The molecule has 0 saturated heterocycles. The molecule has 1 aromatic carbocycles. The third kappa shape index (κ3) is 3.17. The molecule has 0 unspecified atom stereocenters. The first-order valence-electron chi connectivity index (χ1n) is 8.64. The number of amides is 2. The van der Waals surface area contributed by atoms with E-state index in [4.69, 9.17) is 0 Å². The fourth-order valence-electron chi connectivity index (χ4n) is 3.19. The number of aryl methyl sites for hydroxylation is 1. The molecule has 26 heavy (non-hydrogen) atoms. The van der Waals surface area contributed by atoms with Crippen LogP contribution in [0.3, 0.4) is 0 Å². The summed E-state index contributed by atoms with van der Waals surface area (Å²) in [6.45, 7) is 3.77. The maximum Gasteiger partial charge on any atom is 0.272 e. The monoisotopic (exact) mass is 352 g/mol. The molecule has 0 spiro atoms. The molecule has 1 aliphatic heterocycles. The van der Waals surface area contributed by atoms with Crippen molar-refractivity contribution < 1.29 is 9.59 Å². The quantitative estimate of drug-likeness (QED) is 0.745. The molecular formula is C18H20N6O2. The van der Waals surface area contributed by atoms with Gasteiger partial charge in [-0.15, -0.1) is 0 Å². The van der Waals surface area contributed by atoms with Crippen LogP contribution in [0.4, 0.5) is 0 Å². The number of benzene rings is 1. The van der Waals surface area contributed by atoms with Gasteiger partial charge in [0, 0.05) is 20.0 Å². The van der Waals surface area contributed by atoms with Crippen molar-refractivity contribution in [2.24, 2.45) is 0 Å². The van der Waals surface area contributed by atoms with Crippen LogP contribution < -0.4 is 5.32 Å². The van der Waals surface area contributed by atoms with Gasteiger partial charge in [-0.25, -0.2) is 4.98 Å². The summed E-state index contributed by atoms with van der Waals surface area (Å²) < 4.78 is 1.82. The Morgan fingerprint density at radius 1 is 1.27 bits per heavy atom. The molecule has 0 radical (unpaired) electrons. The Balaban J connectivity index is 1.45. The first-order chi connectivity index (χ1) is 12.6. The number of hydrogen-bond donors (Lipinski definition) is 2. The van der Waals surface area contributed by atoms with Crippen LogP contribution in [-0.2, 0) is 24.4 Å². The van der Waals surface area contributed by atoms with Gasteiger partial charge in [0.2, 0.25) is 5.91 Å². The second-order valence-electron chi connectivity index (χ2n) is 6.42. The highest BCUT2D eigenvalue weighted by atomic mass is 16.2. The molecule has 3 heterocycles. The lowest BCUT2D eigenvalue weighted by molar-refractivity contribution is -0.129. The predicted molar refractivity (Wildman–Crippen MR) is 95.2 cm³/mol. The molecular weight excluding hydrogens is 332 g/mol. The Bertz CT molecular complexity index is 940. The highest BCUT2D eigenvalue weighted by molar-refractivity contribution is 5.92. The SMILES string of the molecule is CC(=O)N1CCCn2nc(C(=O)NCc3nc4ccccc4[nH]3)cc2C1. The van der Waals surface area contributed by atoms with Gasteiger partial charge in [0.15, 0.2) is 5.69 Å². The van der Waals surface area contributed by atoms with Gasteiger partial charge in [0.05, 0.1) is 29.8 Å². The molecule has 0 fully saturated rings. The zero-order valence-corrected chi connectivity index (χ0v) is 14.5. The van der Waals surface area contributed by atoms with Crippen molar-refractivity contribution in [2.45, 2.75) is 33.0 Å². The average Bonchev–Trinajstić information content (AvgIpc) is 3.17. The summed E-state index contributed by atoms with van der Waals surface area (Å²) >= 11 is 0. The van der Waals surface area contributed by atoms with Crippen LogP contribution in [0, 0.1) is 0 Å². The predicted octanol–water partition coefficient (Wildman–Crippen LogP) is 1.44. The highest BCUT2D eigenvalue weighted by Crippen LogP contribution is 2.14. The topological polar surface area (TPSA) is 95.9 Å². The Hall–Kier alpha value is -3.16. The zero-order valence-electron chi connectivity index (χ0n) is 14.5. The fraction of sp³-hybridized carbons (Fsp3) is 0.333. The van der Waals surface area contributed by atoms with E-state index in [0.717, 1.165) is 23.1 Å². The lowest BCUT2D eigenvalue weighted by atomic mass is 10.3. The summed E-state index contributed by atoms with van der Waals surface area (Å²) in [5.74, 6) is 0.485. The van der Waals surface area contributed by atoms with E-state index in [1.165, 1.54) is 0 Å². The van der Waals surface area contributed by atoms with Gasteiger partial charge in [0.25, 0.3) is 5.91 Å². The molecule has 0 bridgehead atoms. The van der Waals surface area contributed by atoms with E-state index in [-0.39, 0.29) is 11.8 Å². The van der Waals surface area contributed by atoms with Gasteiger partial charge in [-0.05, 0) is 24.6 Å². The zero-order chi connectivity index (χ0) is 18.1. The Morgan fingerprint density at radius 3 is 2.92 bits per heavy atom. The number of nitrogens with zero attached hydrogens (tertiary/aromatic N) is 4. The van der Waals surface area contributed by atoms with Gasteiger partial charge in [-0.3, -0.25) is 14.3 Å². The number of nitrogens with one attached hydrogen (secondary N) is 2. The van der Waals surface area contributed by atoms with Crippen LogP contribution in [0.2, 0.25) is 0 Å². The molecule has 4 rings (SSSR count). The Kier molecular flexibility index (Phi) is 4.16. The number of carbonyl (C=O) groups excluding carboxylic acids is 2. The maximum absolute atomic E-state index is 12.4. The number of H-pyrrole nitrogens is 1. The van der Waals surface area contributed by atoms with Crippen LogP contribution in [-0.4, -0.2) is 43.0 Å². The smallest absolute Gasteiger partial charge is 0.272 e. The van der Waals surface area contributed by atoms with Crippen molar-refractivity contribution in [2.75, 3.05) is 6.54 Å². The van der Waals surface area contributed by atoms with E-state index >= 15 is 0 Å². The van der Waals surface area contributed by atoms with E-state index in [9.17, 15) is 9.59 Å². The second-order valence-corrected chi connectivity index (χ2v) is 6.42. The minimum Gasteiger partial charge on any atom is -0.343 e. The summed E-state index contributed by atoms with van der Waals surface area (Å²) in [5, 5.41) is 7.24. The van der Waals surface area contributed by atoms with Gasteiger partial charge < -0.3 is 15.2 Å². The minimum absolute atomic E-state index is 0.0375. The summed E-state index contributed by atoms with van der Waals surface area (Å²) in [4.78, 5) is 33.5. The summed E-state index contributed by atoms with van der Waals surface area (Å²) in [6, 6.07) is 9.49. The van der Waals surface area contributed by atoms with Crippen LogP contribution in [0.5, 0.6) is 0 Å². The number of fused-ring (bicyclic) bond motifs is 2. The lowest BCUT2D eigenvalue weighted by Crippen LogP contribution is -2.28. The van der Waals surface area contributed by atoms with Gasteiger partial charge >= 0.3 is 0 Å². The average molecular weight is 352 g/mol. The molecule has 8 nitrogen and oxygen atoms in total. The maximum atomic E-state index is 12.4. The first kappa shape index (κ1) is 16.3. The number of aromatic amines is 1. The molecule has 3 aromatic rings. The van der Waals surface area contributed by atoms with Gasteiger partial charge in [0.1, 0.15) is 5.82 Å². The summed E-state index contributed by atoms with van der Waals surface area (Å²) in [7, 11) is 0. The largest absolute Gasteiger partial charge is 0.343 e. The van der Waals surface area contributed by atoms with E-state index in [1.54, 1.807) is 17.9 Å².